The van der Waals surface area contributed by atoms with Gasteiger partial charge in [-0.1, -0.05) is 146 Å². The number of furan rings is 1. The van der Waals surface area contributed by atoms with Crippen molar-refractivity contribution in [3.8, 4) is 33.4 Å². The summed E-state index contributed by atoms with van der Waals surface area (Å²) in [5.74, 6) is 0. The Kier molecular flexibility index (Phi) is 4.63. The van der Waals surface area contributed by atoms with Crippen LogP contribution in [0.2, 0.25) is 0 Å². The highest BCUT2D eigenvalue weighted by Gasteiger charge is 2.18. The van der Waals surface area contributed by atoms with Crippen molar-refractivity contribution in [1.82, 2.24) is 0 Å². The van der Waals surface area contributed by atoms with Crippen LogP contribution in [-0.2, 0) is 0 Å². The summed E-state index contributed by atoms with van der Waals surface area (Å²) in [5, 5.41) is 7.99. The lowest BCUT2D eigenvalue weighted by atomic mass is 9.85. The van der Waals surface area contributed by atoms with Gasteiger partial charge in [0.05, 0.1) is 4.11 Å². The average Bonchev–Trinajstić information content (AvgIpc) is 3.50. The van der Waals surface area contributed by atoms with Crippen LogP contribution in [0.25, 0.3) is 87.6 Å². The first-order valence-electron chi connectivity index (χ1n) is 16.0. The summed E-state index contributed by atoms with van der Waals surface area (Å²) >= 11 is 0. The van der Waals surface area contributed by atoms with Gasteiger partial charge in [0.15, 0.2) is 0 Å². The summed E-state index contributed by atoms with van der Waals surface area (Å²) < 4.78 is 33.4. The Morgan fingerprint density at radius 3 is 1.70 bits per heavy atom. The Morgan fingerprint density at radius 2 is 0.977 bits per heavy atom. The molecule has 1 nitrogen and oxygen atoms in total. The van der Waals surface area contributed by atoms with Crippen LogP contribution < -0.4 is 0 Å². The van der Waals surface area contributed by atoms with Crippen molar-refractivity contribution in [1.29, 1.82) is 0 Å². The molecule has 1 heterocycles. The van der Waals surface area contributed by atoms with Crippen LogP contribution in [0.5, 0.6) is 0 Å². The minimum Gasteiger partial charge on any atom is -0.455 e. The molecule has 0 fully saturated rings. The van der Waals surface area contributed by atoms with Gasteiger partial charge >= 0.3 is 0 Å². The quantitative estimate of drug-likeness (QED) is 0.200. The Labute approximate surface area is 253 Å². The van der Waals surface area contributed by atoms with Crippen molar-refractivity contribution in [3.63, 3.8) is 0 Å². The van der Waals surface area contributed by atoms with Gasteiger partial charge in [0.2, 0.25) is 0 Å². The summed E-state index contributed by atoms with van der Waals surface area (Å²) in [5.41, 5.74) is 6.99. The van der Waals surface area contributed by atoms with Crippen LogP contribution >= 0.6 is 0 Å². The SMILES string of the molecule is [2H]c1c([2H])c([2H])c2c(oc3c4ccccc4ccc32)c1-c1cccc(-c2c3ccccc3c(-c3ccccc3)c3ccccc23)c1. The Bertz CT molecular complexity index is 2610. The minimum atomic E-state index is -0.105. The largest absolute Gasteiger partial charge is 0.455 e. The smallest absolute Gasteiger partial charge is 0.143 e. The second-order valence-corrected chi connectivity index (χ2v) is 11.0. The van der Waals surface area contributed by atoms with Crippen LogP contribution in [-0.4, -0.2) is 0 Å². The van der Waals surface area contributed by atoms with E-state index in [0.717, 1.165) is 43.6 Å². The molecule has 0 aliphatic carbocycles. The van der Waals surface area contributed by atoms with E-state index in [0.29, 0.717) is 22.1 Å². The molecule has 0 saturated heterocycles. The van der Waals surface area contributed by atoms with Crippen LogP contribution in [0.1, 0.15) is 4.11 Å². The number of hydrogen-bond acceptors (Lipinski definition) is 1. The van der Waals surface area contributed by atoms with Gasteiger partial charge in [-0.15, -0.1) is 0 Å². The first-order valence-corrected chi connectivity index (χ1v) is 14.5. The molecular weight excluding hydrogens is 520 g/mol. The first-order chi connectivity index (χ1) is 22.6. The highest BCUT2D eigenvalue weighted by molar-refractivity contribution is 6.22. The van der Waals surface area contributed by atoms with Crippen LogP contribution in [0, 0.1) is 0 Å². The number of fused-ring (bicyclic) bond motifs is 7. The van der Waals surface area contributed by atoms with E-state index in [2.05, 4.69) is 84.9 Å². The lowest BCUT2D eigenvalue weighted by Gasteiger charge is -2.18. The van der Waals surface area contributed by atoms with Crippen LogP contribution in [0.3, 0.4) is 0 Å². The molecule has 0 N–H and O–H groups in total. The number of hydrogen-bond donors (Lipinski definition) is 0. The molecule has 0 aliphatic heterocycles. The molecule has 9 rings (SSSR count). The van der Waals surface area contributed by atoms with E-state index in [1.54, 1.807) is 0 Å². The Balaban J connectivity index is 1.35. The van der Waals surface area contributed by atoms with E-state index in [1.807, 2.05) is 54.6 Å². The standard InChI is InChI=1S/C42H26O/c1-2-13-28(14-3-1)39-33-18-6-8-20-35(33)40(36-21-9-7-19-34(36)39)30-16-10-15-29(26-30)32-22-11-23-37-38-25-24-27-12-4-5-17-31(27)41(38)43-42(32)37/h1-26H/i11D,22D,23D. The molecule has 0 unspecified atom stereocenters. The molecule has 0 amide bonds. The summed E-state index contributed by atoms with van der Waals surface area (Å²) in [7, 11) is 0. The van der Waals surface area contributed by atoms with Crippen molar-refractivity contribution in [2.75, 3.05) is 0 Å². The fourth-order valence-corrected chi connectivity index (χ4v) is 6.73. The molecule has 0 saturated carbocycles. The number of para-hydroxylation sites is 1. The van der Waals surface area contributed by atoms with E-state index in [9.17, 15) is 0 Å². The molecule has 9 aromatic rings. The van der Waals surface area contributed by atoms with Crippen molar-refractivity contribution in [3.05, 3.63) is 158 Å². The molecule has 0 atom stereocenters. The third-order valence-corrected chi connectivity index (χ3v) is 8.62. The van der Waals surface area contributed by atoms with Gasteiger partial charge in [-0.2, -0.15) is 0 Å². The monoisotopic (exact) mass is 549 g/mol. The Hall–Kier alpha value is -5.66. The molecule has 0 bridgehead atoms. The zero-order valence-corrected chi connectivity index (χ0v) is 23.2. The summed E-state index contributed by atoms with van der Waals surface area (Å²) in [4.78, 5) is 0. The predicted octanol–water partition coefficient (Wildman–Crippen LogP) is 12.0. The third-order valence-electron chi connectivity index (χ3n) is 8.62. The van der Waals surface area contributed by atoms with Gasteiger partial charge in [0.25, 0.3) is 0 Å². The molecule has 1 heteroatoms. The zero-order valence-electron chi connectivity index (χ0n) is 26.2. The van der Waals surface area contributed by atoms with Crippen molar-refractivity contribution in [2.24, 2.45) is 0 Å². The van der Waals surface area contributed by atoms with E-state index in [-0.39, 0.29) is 18.1 Å². The number of benzene rings is 8. The summed E-state index contributed by atoms with van der Waals surface area (Å²) in [6, 6.07) is 47.8. The molecule has 43 heavy (non-hydrogen) atoms. The molecule has 0 radical (unpaired) electrons. The van der Waals surface area contributed by atoms with Gasteiger partial charge in [-0.3, -0.25) is 0 Å². The highest BCUT2D eigenvalue weighted by Crippen LogP contribution is 2.45. The maximum Gasteiger partial charge on any atom is 0.143 e. The third kappa shape index (κ3) is 3.65. The van der Waals surface area contributed by atoms with Gasteiger partial charge in [-0.05, 0) is 66.9 Å². The van der Waals surface area contributed by atoms with E-state index < -0.39 is 0 Å². The van der Waals surface area contributed by atoms with Crippen LogP contribution in [0.4, 0.5) is 0 Å². The maximum absolute atomic E-state index is 9.09. The molecule has 0 aliphatic rings. The van der Waals surface area contributed by atoms with Crippen molar-refractivity contribution < 1.29 is 8.53 Å². The first kappa shape index (κ1) is 21.1. The molecule has 200 valence electrons. The summed E-state index contributed by atoms with van der Waals surface area (Å²) in [6.07, 6.45) is 0. The lowest BCUT2D eigenvalue weighted by molar-refractivity contribution is 0.674. The van der Waals surface area contributed by atoms with E-state index >= 15 is 0 Å². The van der Waals surface area contributed by atoms with Gasteiger partial charge in [0.1, 0.15) is 11.2 Å². The normalized spacial score (nSPS) is 12.7. The molecule has 8 aromatic carbocycles. The maximum atomic E-state index is 9.09. The fourth-order valence-electron chi connectivity index (χ4n) is 6.73. The van der Waals surface area contributed by atoms with E-state index in [4.69, 9.17) is 8.53 Å². The van der Waals surface area contributed by atoms with Crippen molar-refractivity contribution in [2.45, 2.75) is 0 Å². The second kappa shape index (κ2) is 9.44. The fraction of sp³-hybridized carbons (Fsp3) is 0. The van der Waals surface area contributed by atoms with Gasteiger partial charge < -0.3 is 4.42 Å². The Morgan fingerprint density at radius 1 is 0.395 bits per heavy atom. The molecule has 0 spiro atoms. The summed E-state index contributed by atoms with van der Waals surface area (Å²) in [6.45, 7) is 0. The molecular formula is C42H26O. The van der Waals surface area contributed by atoms with Gasteiger partial charge in [-0.25, -0.2) is 0 Å². The van der Waals surface area contributed by atoms with Crippen molar-refractivity contribution >= 4 is 54.3 Å². The zero-order chi connectivity index (χ0) is 30.9. The lowest BCUT2D eigenvalue weighted by Crippen LogP contribution is -1.91. The second-order valence-electron chi connectivity index (χ2n) is 11.0. The van der Waals surface area contributed by atoms with E-state index in [1.165, 1.54) is 21.9 Å². The number of rotatable bonds is 3. The average molecular weight is 550 g/mol. The predicted molar refractivity (Wildman–Crippen MR) is 183 cm³/mol. The van der Waals surface area contributed by atoms with Gasteiger partial charge in [0, 0.05) is 21.7 Å². The molecule has 1 aromatic heterocycles. The minimum absolute atomic E-state index is 0.00727. The van der Waals surface area contributed by atoms with Crippen LogP contribution in [0.15, 0.2) is 162 Å². The topological polar surface area (TPSA) is 13.1 Å². The highest BCUT2D eigenvalue weighted by atomic mass is 16.3.